The van der Waals surface area contributed by atoms with Crippen molar-refractivity contribution in [3.8, 4) is 0 Å². The van der Waals surface area contributed by atoms with Crippen LogP contribution < -0.4 is 0 Å². The molecule has 1 aromatic rings. The maximum absolute atomic E-state index is 4.43. The fourth-order valence-electron chi connectivity index (χ4n) is 3.45. The minimum atomic E-state index is 0.0737. The summed E-state index contributed by atoms with van der Waals surface area (Å²) >= 11 is 0. The smallest absolute Gasteiger partial charge is 0.0883 e. The molecule has 5 nitrogen and oxygen atoms in total. The van der Waals surface area contributed by atoms with Gasteiger partial charge in [-0.2, -0.15) is 0 Å². The quantitative estimate of drug-likeness (QED) is 0.826. The Labute approximate surface area is 149 Å². The van der Waals surface area contributed by atoms with Crippen molar-refractivity contribution in [1.82, 2.24) is 24.8 Å². The molecule has 0 aliphatic carbocycles. The highest BCUT2D eigenvalue weighted by atomic mass is 15.4. The summed E-state index contributed by atoms with van der Waals surface area (Å²) < 4.78 is 2.01. The molecule has 2 rings (SSSR count). The molecule has 1 fully saturated rings. The zero-order valence-corrected chi connectivity index (χ0v) is 17.3. The van der Waals surface area contributed by atoms with Gasteiger partial charge < -0.3 is 4.90 Å². The van der Waals surface area contributed by atoms with Gasteiger partial charge >= 0.3 is 0 Å². The molecule has 140 valence electrons. The second-order valence-corrected chi connectivity index (χ2v) is 8.63. The molecule has 1 saturated heterocycles. The van der Waals surface area contributed by atoms with Crippen LogP contribution >= 0.6 is 0 Å². The Kier molecular flexibility index (Phi) is 7.87. The van der Waals surface area contributed by atoms with Crippen LogP contribution in [0.3, 0.4) is 0 Å². The van der Waals surface area contributed by atoms with Gasteiger partial charge in [-0.3, -0.25) is 9.58 Å². The fraction of sp³-hybridized carbons (Fsp3) is 0.895. The molecule has 0 amide bonds. The van der Waals surface area contributed by atoms with E-state index >= 15 is 0 Å². The van der Waals surface area contributed by atoms with Gasteiger partial charge in [0.1, 0.15) is 0 Å². The fourth-order valence-corrected chi connectivity index (χ4v) is 3.45. The lowest BCUT2D eigenvalue weighted by molar-refractivity contribution is 0.148. The summed E-state index contributed by atoms with van der Waals surface area (Å²) in [6.45, 7) is 22.0. The molecule has 1 aromatic heterocycles. The van der Waals surface area contributed by atoms with Crippen molar-refractivity contribution in [2.45, 2.75) is 66.8 Å². The van der Waals surface area contributed by atoms with Gasteiger partial charge in [-0.15, -0.1) is 5.10 Å². The summed E-state index contributed by atoms with van der Waals surface area (Å²) in [6, 6.07) is 0. The van der Waals surface area contributed by atoms with Gasteiger partial charge in [0.15, 0.2) is 0 Å². The molecule has 0 aromatic carbocycles. The van der Waals surface area contributed by atoms with Gasteiger partial charge in [-0.05, 0) is 18.9 Å². The van der Waals surface area contributed by atoms with Crippen molar-refractivity contribution < 1.29 is 0 Å². The molecule has 24 heavy (non-hydrogen) atoms. The SMILES string of the molecule is CC.CN1CCN(CCn2cc(C(C)(C)CC(C)(C)C)nn2)CC1. The predicted molar refractivity (Wildman–Crippen MR) is 102 cm³/mol. The highest BCUT2D eigenvalue weighted by Crippen LogP contribution is 2.34. The highest BCUT2D eigenvalue weighted by Gasteiger charge is 2.29. The van der Waals surface area contributed by atoms with Crippen molar-refractivity contribution in [2.24, 2.45) is 5.41 Å². The van der Waals surface area contributed by atoms with Gasteiger partial charge in [-0.25, -0.2) is 0 Å². The largest absolute Gasteiger partial charge is 0.304 e. The molecule has 0 N–H and O–H groups in total. The standard InChI is InChI=1S/C17H33N5.C2H6/c1-16(2,3)14-17(4,5)15-13-22(19-18-15)12-11-21-9-7-20(6)8-10-21;1-2/h13H,7-12,14H2,1-6H3;1-2H3. The molecular formula is C19H39N5. The Balaban J connectivity index is 0.00000139. The average Bonchev–Trinajstić information content (AvgIpc) is 2.96. The summed E-state index contributed by atoms with van der Waals surface area (Å²) in [6.07, 6.45) is 3.25. The first kappa shape index (κ1) is 21.1. The normalized spacial score (nSPS) is 17.5. The lowest BCUT2D eigenvalue weighted by atomic mass is 9.75. The van der Waals surface area contributed by atoms with E-state index in [0.717, 1.165) is 38.3 Å². The second kappa shape index (κ2) is 8.95. The summed E-state index contributed by atoms with van der Waals surface area (Å²) in [5.41, 5.74) is 1.48. The molecule has 0 atom stereocenters. The third-order valence-corrected chi connectivity index (χ3v) is 4.45. The third-order valence-electron chi connectivity index (χ3n) is 4.45. The molecule has 0 saturated carbocycles. The van der Waals surface area contributed by atoms with Crippen molar-refractivity contribution in [2.75, 3.05) is 39.8 Å². The summed E-state index contributed by atoms with van der Waals surface area (Å²) in [5.74, 6) is 0. The first-order valence-corrected chi connectivity index (χ1v) is 9.47. The Morgan fingerprint density at radius 2 is 1.54 bits per heavy atom. The Bertz CT molecular complexity index is 464. The van der Waals surface area contributed by atoms with Gasteiger partial charge in [0, 0.05) is 44.3 Å². The molecular weight excluding hydrogens is 298 g/mol. The van der Waals surface area contributed by atoms with Gasteiger partial charge in [0.05, 0.1) is 12.2 Å². The minimum absolute atomic E-state index is 0.0737. The van der Waals surface area contributed by atoms with Gasteiger partial charge in [0.2, 0.25) is 0 Å². The molecule has 0 bridgehead atoms. The van der Waals surface area contributed by atoms with Crippen molar-refractivity contribution in [3.63, 3.8) is 0 Å². The first-order valence-electron chi connectivity index (χ1n) is 9.47. The van der Waals surface area contributed by atoms with Crippen molar-refractivity contribution in [3.05, 3.63) is 11.9 Å². The molecule has 5 heteroatoms. The van der Waals surface area contributed by atoms with E-state index in [4.69, 9.17) is 0 Å². The minimum Gasteiger partial charge on any atom is -0.304 e. The maximum atomic E-state index is 4.43. The van der Waals surface area contributed by atoms with Gasteiger partial charge in [-0.1, -0.05) is 53.7 Å². The van der Waals surface area contributed by atoms with Crippen molar-refractivity contribution in [1.29, 1.82) is 0 Å². The van der Waals surface area contributed by atoms with Crippen LogP contribution in [-0.4, -0.2) is 64.6 Å². The number of likely N-dealkylation sites (N-methyl/N-ethyl adjacent to an activating group) is 1. The van der Waals surface area contributed by atoms with Crippen LogP contribution in [0.2, 0.25) is 0 Å². The number of hydrogen-bond donors (Lipinski definition) is 0. The molecule has 0 unspecified atom stereocenters. The average molecular weight is 338 g/mol. The van der Waals surface area contributed by atoms with Crippen LogP contribution in [0, 0.1) is 5.41 Å². The summed E-state index contributed by atoms with van der Waals surface area (Å²) in [4.78, 5) is 4.90. The second-order valence-electron chi connectivity index (χ2n) is 8.63. The van der Waals surface area contributed by atoms with Crippen LogP contribution in [0.15, 0.2) is 6.20 Å². The van der Waals surface area contributed by atoms with E-state index in [0.29, 0.717) is 5.41 Å². The lowest BCUT2D eigenvalue weighted by Gasteiger charge is -2.32. The third kappa shape index (κ3) is 6.89. The van der Waals surface area contributed by atoms with E-state index in [1.165, 1.54) is 13.1 Å². The van der Waals surface area contributed by atoms with Crippen LogP contribution in [0.5, 0.6) is 0 Å². The van der Waals surface area contributed by atoms with Gasteiger partial charge in [0.25, 0.3) is 0 Å². The topological polar surface area (TPSA) is 37.2 Å². The Hall–Kier alpha value is -0.940. The zero-order chi connectivity index (χ0) is 18.4. The van der Waals surface area contributed by atoms with E-state index in [2.05, 4.69) is 68.0 Å². The number of piperazine rings is 1. The molecule has 1 aliphatic heterocycles. The zero-order valence-electron chi connectivity index (χ0n) is 17.3. The van der Waals surface area contributed by atoms with Crippen LogP contribution in [0.25, 0.3) is 0 Å². The van der Waals surface area contributed by atoms with E-state index in [9.17, 15) is 0 Å². The number of aromatic nitrogens is 3. The number of nitrogens with zero attached hydrogens (tertiary/aromatic N) is 5. The van der Waals surface area contributed by atoms with Crippen LogP contribution in [0.1, 0.15) is 60.6 Å². The monoisotopic (exact) mass is 337 g/mol. The van der Waals surface area contributed by atoms with E-state index in [-0.39, 0.29) is 5.41 Å². The highest BCUT2D eigenvalue weighted by molar-refractivity contribution is 5.09. The molecule has 2 heterocycles. The first-order chi connectivity index (χ1) is 11.2. The Morgan fingerprint density at radius 3 is 2.08 bits per heavy atom. The molecule has 1 aliphatic rings. The number of rotatable bonds is 5. The predicted octanol–water partition coefficient (Wildman–Crippen LogP) is 3.27. The van der Waals surface area contributed by atoms with Crippen LogP contribution in [0.4, 0.5) is 0 Å². The Morgan fingerprint density at radius 1 is 0.958 bits per heavy atom. The lowest BCUT2D eigenvalue weighted by Crippen LogP contribution is -2.45. The van der Waals surface area contributed by atoms with Crippen molar-refractivity contribution >= 4 is 0 Å². The van der Waals surface area contributed by atoms with E-state index < -0.39 is 0 Å². The van der Waals surface area contributed by atoms with E-state index in [1.807, 2.05) is 18.5 Å². The molecule has 0 spiro atoms. The summed E-state index contributed by atoms with van der Waals surface area (Å²) in [5, 5.41) is 8.78. The van der Waals surface area contributed by atoms with Crippen LogP contribution in [-0.2, 0) is 12.0 Å². The van der Waals surface area contributed by atoms with E-state index in [1.54, 1.807) is 0 Å². The summed E-state index contributed by atoms with van der Waals surface area (Å²) in [7, 11) is 2.19. The molecule has 0 radical (unpaired) electrons. The maximum Gasteiger partial charge on any atom is 0.0883 e. The number of hydrogen-bond acceptors (Lipinski definition) is 4.